The number of nitrogens with zero attached hydrogens (tertiary/aromatic N) is 1. The van der Waals surface area contributed by atoms with Crippen molar-refractivity contribution in [3.8, 4) is 5.75 Å². The van der Waals surface area contributed by atoms with Crippen LogP contribution in [-0.4, -0.2) is 52.3 Å². The lowest BCUT2D eigenvalue weighted by Gasteiger charge is -2.22. The number of hydrogen-bond acceptors (Lipinski definition) is 4. The monoisotopic (exact) mass is 433 g/mol. The van der Waals surface area contributed by atoms with Crippen LogP contribution in [0.4, 0.5) is 4.39 Å². The zero-order valence-electron chi connectivity index (χ0n) is 18.1. The highest BCUT2D eigenvalue weighted by Gasteiger charge is 2.40. The van der Waals surface area contributed by atoms with Crippen molar-refractivity contribution in [3.05, 3.63) is 29.1 Å². The molecule has 3 fully saturated rings. The minimum atomic E-state index is -1.19. The van der Waals surface area contributed by atoms with E-state index in [1.54, 1.807) is 6.07 Å². The molecule has 1 heterocycles. The number of hydrogen-bond donors (Lipinski definition) is 2. The fourth-order valence-electron chi connectivity index (χ4n) is 5.21. The highest BCUT2D eigenvalue weighted by atomic mass is 19.1. The second-order valence-corrected chi connectivity index (χ2v) is 9.49. The Labute approximate surface area is 182 Å². The van der Waals surface area contributed by atoms with E-state index < -0.39 is 29.8 Å². The molecular formula is C24H32FNO5. The van der Waals surface area contributed by atoms with Crippen LogP contribution >= 0.6 is 0 Å². The zero-order valence-corrected chi connectivity index (χ0v) is 18.1. The van der Waals surface area contributed by atoms with E-state index in [0.29, 0.717) is 18.3 Å². The third-order valence-electron chi connectivity index (χ3n) is 6.99. The highest BCUT2D eigenvalue weighted by Crippen LogP contribution is 2.46. The molecule has 4 unspecified atom stereocenters. The van der Waals surface area contributed by atoms with Gasteiger partial charge in [0.2, 0.25) is 0 Å². The molecule has 0 aromatic heterocycles. The smallest absolute Gasteiger partial charge is 0.326 e. The van der Waals surface area contributed by atoms with Gasteiger partial charge in [-0.25, -0.2) is 9.18 Å². The van der Waals surface area contributed by atoms with E-state index in [0.717, 1.165) is 42.1 Å². The second kappa shape index (κ2) is 9.15. The molecule has 4 rings (SSSR count). The Kier molecular flexibility index (Phi) is 6.51. The number of carbonyl (C=O) groups is 2. The molecule has 2 aliphatic carbocycles. The van der Waals surface area contributed by atoms with E-state index >= 15 is 0 Å². The van der Waals surface area contributed by atoms with Gasteiger partial charge in [0.15, 0.2) is 0 Å². The molecule has 0 spiro atoms. The molecule has 1 saturated heterocycles. The Morgan fingerprint density at radius 2 is 1.90 bits per heavy atom. The molecule has 31 heavy (non-hydrogen) atoms. The van der Waals surface area contributed by atoms with Crippen molar-refractivity contribution in [2.75, 3.05) is 13.2 Å². The number of aliphatic carboxylic acids is 1. The van der Waals surface area contributed by atoms with Crippen molar-refractivity contribution >= 4 is 11.9 Å². The molecule has 1 aliphatic heterocycles. The Morgan fingerprint density at radius 1 is 1.16 bits per heavy atom. The minimum Gasteiger partial charge on any atom is -0.493 e. The number of halogens is 1. The van der Waals surface area contributed by atoms with Gasteiger partial charge in [0.25, 0.3) is 5.91 Å². The molecule has 4 atom stereocenters. The van der Waals surface area contributed by atoms with Gasteiger partial charge in [-0.15, -0.1) is 0 Å². The predicted molar refractivity (Wildman–Crippen MR) is 113 cm³/mol. The molecular weight excluding hydrogens is 401 g/mol. The summed E-state index contributed by atoms with van der Waals surface area (Å²) in [5.74, 6) is -0.583. The number of amides is 1. The number of likely N-dealkylation sites (tertiary alicyclic amines) is 1. The van der Waals surface area contributed by atoms with E-state index in [4.69, 9.17) is 4.74 Å². The molecule has 1 aromatic carbocycles. The van der Waals surface area contributed by atoms with Crippen molar-refractivity contribution < 1.29 is 28.9 Å². The van der Waals surface area contributed by atoms with Gasteiger partial charge in [-0.2, -0.15) is 0 Å². The first-order valence-electron chi connectivity index (χ1n) is 11.5. The fraction of sp³-hybridized carbons (Fsp3) is 0.667. The second-order valence-electron chi connectivity index (χ2n) is 9.49. The summed E-state index contributed by atoms with van der Waals surface area (Å²) in [5, 5.41) is 19.2. The topological polar surface area (TPSA) is 87.1 Å². The quantitative estimate of drug-likeness (QED) is 0.648. The molecule has 2 N–H and O–H groups in total. The molecule has 2 saturated carbocycles. The lowest BCUT2D eigenvalue weighted by molar-refractivity contribution is -0.141. The van der Waals surface area contributed by atoms with Gasteiger partial charge in [-0.05, 0) is 55.1 Å². The summed E-state index contributed by atoms with van der Waals surface area (Å²) in [6.07, 6.45) is 6.94. The molecule has 170 valence electrons. The van der Waals surface area contributed by atoms with Crippen LogP contribution in [-0.2, 0) is 4.79 Å². The van der Waals surface area contributed by atoms with Crippen LogP contribution in [0.3, 0.4) is 0 Å². The van der Waals surface area contributed by atoms with E-state index in [2.05, 4.69) is 6.92 Å². The summed E-state index contributed by atoms with van der Waals surface area (Å²) < 4.78 is 21.0. The standard InChI is InChI=1S/C24H32FNO5/c1-2-3-14-4-5-15(8-14)13-31-22-11-20(25)19(10-18(22)16-6-7-16)23(28)26-12-17(27)9-21(26)24(29)30/h10-11,14-17,21,27H,2-9,12-13H2,1H3,(H,29,30). The van der Waals surface area contributed by atoms with Crippen LogP contribution < -0.4 is 4.74 Å². The predicted octanol–water partition coefficient (Wildman–Crippen LogP) is 3.96. The largest absolute Gasteiger partial charge is 0.493 e. The van der Waals surface area contributed by atoms with E-state index in [1.165, 1.54) is 25.3 Å². The minimum absolute atomic E-state index is 0.0419. The summed E-state index contributed by atoms with van der Waals surface area (Å²) in [6, 6.07) is 1.70. The number of carboxylic acids is 1. The number of rotatable bonds is 8. The van der Waals surface area contributed by atoms with Crippen molar-refractivity contribution in [2.45, 2.75) is 76.4 Å². The van der Waals surface area contributed by atoms with E-state index in [1.807, 2.05) is 0 Å². The van der Waals surface area contributed by atoms with Crippen LogP contribution in [0.25, 0.3) is 0 Å². The molecule has 3 aliphatic rings. The number of ether oxygens (including phenoxy) is 1. The van der Waals surface area contributed by atoms with Crippen LogP contribution in [0, 0.1) is 17.7 Å². The molecule has 1 aromatic rings. The average molecular weight is 434 g/mol. The van der Waals surface area contributed by atoms with Gasteiger partial charge in [0.1, 0.15) is 17.6 Å². The molecule has 1 amide bonds. The number of aliphatic hydroxyl groups excluding tert-OH is 1. The SMILES string of the molecule is CCCC1CCC(COc2cc(F)c(C(=O)N3CC(O)CC3C(=O)O)cc2C2CC2)C1. The molecule has 0 bridgehead atoms. The summed E-state index contributed by atoms with van der Waals surface area (Å²) in [6.45, 7) is 2.66. The molecule has 6 nitrogen and oxygen atoms in total. The first-order chi connectivity index (χ1) is 14.9. The van der Waals surface area contributed by atoms with Crippen LogP contribution in [0.5, 0.6) is 5.75 Å². The Morgan fingerprint density at radius 3 is 2.58 bits per heavy atom. The summed E-state index contributed by atoms with van der Waals surface area (Å²) >= 11 is 0. The Balaban J connectivity index is 1.50. The van der Waals surface area contributed by atoms with Gasteiger partial charge in [-0.3, -0.25) is 4.79 Å². The third kappa shape index (κ3) is 4.86. The molecule has 0 radical (unpaired) electrons. The van der Waals surface area contributed by atoms with Gasteiger partial charge in [0, 0.05) is 19.0 Å². The van der Waals surface area contributed by atoms with Crippen LogP contribution in [0.1, 0.15) is 80.1 Å². The van der Waals surface area contributed by atoms with Crippen molar-refractivity contribution in [1.82, 2.24) is 4.90 Å². The van der Waals surface area contributed by atoms with Gasteiger partial charge in [-0.1, -0.05) is 26.2 Å². The Bertz CT molecular complexity index is 840. The number of carbonyl (C=O) groups excluding carboxylic acids is 1. The van der Waals surface area contributed by atoms with Crippen molar-refractivity contribution in [1.29, 1.82) is 0 Å². The number of benzene rings is 1. The van der Waals surface area contributed by atoms with Crippen LogP contribution in [0.15, 0.2) is 12.1 Å². The van der Waals surface area contributed by atoms with E-state index in [-0.39, 0.29) is 24.4 Å². The number of carboxylic acid groups (broad SMARTS) is 1. The zero-order chi connectivity index (χ0) is 22.1. The first kappa shape index (κ1) is 22.1. The van der Waals surface area contributed by atoms with E-state index in [9.17, 15) is 24.2 Å². The van der Waals surface area contributed by atoms with Crippen molar-refractivity contribution in [3.63, 3.8) is 0 Å². The lowest BCUT2D eigenvalue weighted by Crippen LogP contribution is -2.41. The first-order valence-corrected chi connectivity index (χ1v) is 11.5. The summed E-state index contributed by atoms with van der Waals surface area (Å²) in [5.41, 5.74) is 0.693. The maximum absolute atomic E-state index is 15.0. The van der Waals surface area contributed by atoms with Gasteiger partial charge >= 0.3 is 5.97 Å². The average Bonchev–Trinajstić information content (AvgIpc) is 3.34. The van der Waals surface area contributed by atoms with Crippen molar-refractivity contribution in [2.24, 2.45) is 11.8 Å². The Hall–Kier alpha value is -2.15. The normalized spacial score (nSPS) is 28.2. The number of aliphatic hydroxyl groups is 1. The highest BCUT2D eigenvalue weighted by molar-refractivity contribution is 5.97. The lowest BCUT2D eigenvalue weighted by atomic mass is 10.0. The van der Waals surface area contributed by atoms with Gasteiger partial charge in [0.05, 0.1) is 18.3 Å². The molecule has 7 heteroatoms. The fourth-order valence-corrected chi connectivity index (χ4v) is 5.21. The van der Waals surface area contributed by atoms with Crippen LogP contribution in [0.2, 0.25) is 0 Å². The summed E-state index contributed by atoms with van der Waals surface area (Å²) in [7, 11) is 0. The van der Waals surface area contributed by atoms with Gasteiger partial charge < -0.3 is 19.8 Å². The maximum Gasteiger partial charge on any atom is 0.326 e. The number of β-amino-alcohol motifs (C(OH)–C–C–N with tert-alkyl or cyclic N) is 1. The maximum atomic E-state index is 15.0. The third-order valence-corrected chi connectivity index (χ3v) is 6.99. The summed E-state index contributed by atoms with van der Waals surface area (Å²) in [4.78, 5) is 25.5.